The fraction of sp³-hybridized carbons (Fsp3) is 0.556. The Balaban J connectivity index is 0.00000196. The molecule has 2 amide bonds. The van der Waals surface area contributed by atoms with Crippen LogP contribution in [-0.2, 0) is 4.79 Å². The number of thiophene rings is 2. The van der Waals surface area contributed by atoms with E-state index in [9.17, 15) is 9.59 Å². The van der Waals surface area contributed by atoms with Gasteiger partial charge in [0.2, 0.25) is 5.91 Å². The quantitative estimate of drug-likeness (QED) is 0.821. The number of halogens is 1. The number of carbonyl (C=O) groups excluding carboxylic acids is 2. The van der Waals surface area contributed by atoms with E-state index in [1.54, 1.807) is 22.7 Å². The molecule has 142 valence electrons. The molecule has 26 heavy (non-hydrogen) atoms. The van der Waals surface area contributed by atoms with Crippen LogP contribution in [0.4, 0.5) is 0 Å². The van der Waals surface area contributed by atoms with E-state index in [0.717, 1.165) is 30.6 Å². The van der Waals surface area contributed by atoms with Crippen molar-refractivity contribution in [3.8, 4) is 0 Å². The highest BCUT2D eigenvalue weighted by atomic mass is 35.5. The molecule has 0 spiro atoms. The molecular formula is C18H24ClN3O2S2. The van der Waals surface area contributed by atoms with Crippen LogP contribution >= 0.6 is 35.1 Å². The molecule has 2 N–H and O–H groups in total. The normalized spacial score (nSPS) is 20.0. The molecule has 2 aliphatic rings. The first kappa shape index (κ1) is 19.6. The fourth-order valence-electron chi connectivity index (χ4n) is 3.85. The number of piperazine rings is 1. The standard InChI is InChI=1S/C18H23N3O2S2.ClH/c19-18(5-2-1-3-6-18)17(23)21-9-7-20(8-10-21)16(22)15-12-14-13(25-15)4-11-24-14;/h4,11-12H,1-3,5-10,19H2;1H. The first-order valence-electron chi connectivity index (χ1n) is 8.91. The topological polar surface area (TPSA) is 66.6 Å². The zero-order valence-corrected chi connectivity index (χ0v) is 17.1. The highest BCUT2D eigenvalue weighted by Gasteiger charge is 2.39. The largest absolute Gasteiger partial charge is 0.338 e. The number of hydrogen-bond donors (Lipinski definition) is 1. The molecule has 4 rings (SSSR count). The summed E-state index contributed by atoms with van der Waals surface area (Å²) >= 11 is 3.22. The predicted molar refractivity (Wildman–Crippen MR) is 109 cm³/mol. The lowest BCUT2D eigenvalue weighted by Crippen LogP contribution is -2.60. The van der Waals surface area contributed by atoms with Gasteiger partial charge in [-0.2, -0.15) is 0 Å². The molecule has 1 saturated carbocycles. The van der Waals surface area contributed by atoms with Crippen molar-refractivity contribution in [1.82, 2.24) is 9.80 Å². The van der Waals surface area contributed by atoms with Gasteiger partial charge in [0.15, 0.2) is 0 Å². The maximum atomic E-state index is 12.8. The molecule has 0 radical (unpaired) electrons. The summed E-state index contributed by atoms with van der Waals surface area (Å²) < 4.78 is 2.34. The van der Waals surface area contributed by atoms with Gasteiger partial charge in [-0.15, -0.1) is 35.1 Å². The lowest BCUT2D eigenvalue weighted by atomic mass is 9.81. The smallest absolute Gasteiger partial charge is 0.264 e. The van der Waals surface area contributed by atoms with Crippen molar-refractivity contribution in [2.24, 2.45) is 5.73 Å². The fourth-order valence-corrected chi connectivity index (χ4v) is 5.93. The van der Waals surface area contributed by atoms with E-state index in [1.807, 2.05) is 21.2 Å². The number of amides is 2. The van der Waals surface area contributed by atoms with E-state index in [-0.39, 0.29) is 24.2 Å². The molecule has 5 nitrogen and oxygen atoms in total. The van der Waals surface area contributed by atoms with Crippen molar-refractivity contribution in [2.45, 2.75) is 37.6 Å². The molecule has 0 unspecified atom stereocenters. The van der Waals surface area contributed by atoms with E-state index in [4.69, 9.17) is 5.73 Å². The van der Waals surface area contributed by atoms with Gasteiger partial charge in [-0.3, -0.25) is 9.59 Å². The lowest BCUT2D eigenvalue weighted by molar-refractivity contribution is -0.139. The minimum atomic E-state index is -0.678. The van der Waals surface area contributed by atoms with Crippen LogP contribution in [-0.4, -0.2) is 53.3 Å². The summed E-state index contributed by atoms with van der Waals surface area (Å²) in [5.41, 5.74) is 5.70. The molecule has 1 saturated heterocycles. The summed E-state index contributed by atoms with van der Waals surface area (Å²) in [6.07, 6.45) is 4.83. The van der Waals surface area contributed by atoms with Crippen molar-refractivity contribution < 1.29 is 9.59 Å². The molecule has 3 heterocycles. The molecule has 2 aromatic heterocycles. The molecule has 1 aliphatic carbocycles. The Kier molecular flexibility index (Phi) is 5.91. The number of hydrogen-bond acceptors (Lipinski definition) is 5. The van der Waals surface area contributed by atoms with E-state index in [2.05, 4.69) is 6.07 Å². The highest BCUT2D eigenvalue weighted by molar-refractivity contribution is 7.27. The maximum Gasteiger partial charge on any atom is 0.264 e. The second-order valence-electron chi connectivity index (χ2n) is 7.06. The Morgan fingerprint density at radius 2 is 1.65 bits per heavy atom. The Labute approximate surface area is 167 Å². The molecule has 2 fully saturated rings. The Morgan fingerprint density at radius 3 is 2.31 bits per heavy atom. The van der Waals surface area contributed by atoms with Gasteiger partial charge in [-0.05, 0) is 30.4 Å². The molecule has 8 heteroatoms. The molecule has 1 aliphatic heterocycles. The third-order valence-electron chi connectivity index (χ3n) is 5.38. The Hall–Kier alpha value is -1.15. The Morgan fingerprint density at radius 1 is 1.00 bits per heavy atom. The summed E-state index contributed by atoms with van der Waals surface area (Å²) in [5.74, 6) is 0.163. The molecule has 0 aromatic carbocycles. The van der Waals surface area contributed by atoms with Gasteiger partial charge >= 0.3 is 0 Å². The van der Waals surface area contributed by atoms with Crippen LogP contribution in [0.5, 0.6) is 0 Å². The summed E-state index contributed by atoms with van der Waals surface area (Å²) in [5, 5.41) is 2.05. The zero-order chi connectivity index (χ0) is 17.4. The first-order chi connectivity index (χ1) is 12.1. The molecule has 2 aromatic rings. The first-order valence-corrected chi connectivity index (χ1v) is 10.6. The van der Waals surface area contributed by atoms with Gasteiger partial charge in [0.05, 0.1) is 10.4 Å². The number of rotatable bonds is 2. The number of nitrogens with two attached hydrogens (primary N) is 1. The second-order valence-corrected chi connectivity index (χ2v) is 9.09. The van der Waals surface area contributed by atoms with E-state index in [1.165, 1.54) is 15.8 Å². The second kappa shape index (κ2) is 7.84. The molecular weight excluding hydrogens is 390 g/mol. The van der Waals surface area contributed by atoms with Crippen LogP contribution in [0.3, 0.4) is 0 Å². The number of fused-ring (bicyclic) bond motifs is 1. The van der Waals surface area contributed by atoms with Crippen molar-refractivity contribution in [2.75, 3.05) is 26.2 Å². The van der Waals surface area contributed by atoms with Gasteiger partial charge in [0.1, 0.15) is 0 Å². The highest BCUT2D eigenvalue weighted by Crippen LogP contribution is 2.31. The van der Waals surface area contributed by atoms with E-state index >= 15 is 0 Å². The maximum absolute atomic E-state index is 12.8. The van der Waals surface area contributed by atoms with Crippen LogP contribution in [0, 0.1) is 0 Å². The van der Waals surface area contributed by atoms with Gasteiger partial charge in [-0.25, -0.2) is 0 Å². The summed E-state index contributed by atoms with van der Waals surface area (Å²) in [6.45, 7) is 2.35. The van der Waals surface area contributed by atoms with Crippen molar-refractivity contribution in [1.29, 1.82) is 0 Å². The van der Waals surface area contributed by atoms with Crippen molar-refractivity contribution in [3.05, 3.63) is 22.4 Å². The SMILES string of the molecule is Cl.NC1(C(=O)N2CCN(C(=O)c3cc4sccc4s3)CC2)CCCCC1. The summed E-state index contributed by atoms with van der Waals surface area (Å²) in [6, 6.07) is 4.05. The van der Waals surface area contributed by atoms with Crippen molar-refractivity contribution >= 4 is 56.3 Å². The van der Waals surface area contributed by atoms with Crippen LogP contribution < -0.4 is 5.73 Å². The Bertz CT molecular complexity index is 761. The lowest BCUT2D eigenvalue weighted by Gasteiger charge is -2.41. The summed E-state index contributed by atoms with van der Waals surface area (Å²) in [4.78, 5) is 30.0. The van der Waals surface area contributed by atoms with E-state index in [0.29, 0.717) is 26.2 Å². The molecule has 0 bridgehead atoms. The van der Waals surface area contributed by atoms with Crippen LogP contribution in [0.15, 0.2) is 17.5 Å². The van der Waals surface area contributed by atoms with Crippen molar-refractivity contribution in [3.63, 3.8) is 0 Å². The van der Waals surface area contributed by atoms with Crippen LogP contribution in [0.2, 0.25) is 0 Å². The van der Waals surface area contributed by atoms with Crippen LogP contribution in [0.25, 0.3) is 9.40 Å². The number of nitrogens with zero attached hydrogens (tertiary/aromatic N) is 2. The van der Waals surface area contributed by atoms with Gasteiger partial charge in [-0.1, -0.05) is 19.3 Å². The average molecular weight is 414 g/mol. The monoisotopic (exact) mass is 413 g/mol. The predicted octanol–water partition coefficient (Wildman–Crippen LogP) is 3.33. The van der Waals surface area contributed by atoms with Gasteiger partial charge in [0, 0.05) is 35.6 Å². The summed E-state index contributed by atoms with van der Waals surface area (Å²) in [7, 11) is 0. The molecule has 0 atom stereocenters. The van der Waals surface area contributed by atoms with Gasteiger partial charge in [0.25, 0.3) is 5.91 Å². The third kappa shape index (κ3) is 3.63. The average Bonchev–Trinajstić information content (AvgIpc) is 3.23. The zero-order valence-electron chi connectivity index (χ0n) is 14.6. The minimum absolute atomic E-state index is 0. The van der Waals surface area contributed by atoms with Crippen LogP contribution in [0.1, 0.15) is 41.8 Å². The van der Waals surface area contributed by atoms with Gasteiger partial charge < -0.3 is 15.5 Å². The van der Waals surface area contributed by atoms with E-state index < -0.39 is 5.54 Å². The minimum Gasteiger partial charge on any atom is -0.338 e. The number of carbonyl (C=O) groups is 2. The third-order valence-corrected chi connectivity index (χ3v) is 7.46.